The maximum Gasteiger partial charge on any atom is 0.174 e. The van der Waals surface area contributed by atoms with Gasteiger partial charge in [0.05, 0.1) is 13.2 Å². The summed E-state index contributed by atoms with van der Waals surface area (Å²) >= 11 is 0. The second-order valence-electron chi connectivity index (χ2n) is 10.2. The summed E-state index contributed by atoms with van der Waals surface area (Å²) in [6.45, 7) is 6.84. The second-order valence-corrected chi connectivity index (χ2v) is 10.2. The van der Waals surface area contributed by atoms with E-state index in [9.17, 15) is 0 Å². The molecule has 0 amide bonds. The third-order valence-corrected chi connectivity index (χ3v) is 9.63. The molecule has 0 N–H and O–H groups in total. The Bertz CT molecular complexity index is 494. The van der Waals surface area contributed by atoms with Crippen LogP contribution >= 0.6 is 0 Å². The van der Waals surface area contributed by atoms with Gasteiger partial charge in [-0.25, -0.2) is 0 Å². The van der Waals surface area contributed by atoms with Gasteiger partial charge >= 0.3 is 0 Å². The zero-order valence-electron chi connectivity index (χ0n) is 15.8. The predicted molar refractivity (Wildman–Crippen MR) is 95.6 cm³/mol. The molecule has 5 fully saturated rings. The molecular formula is C22H36O2. The molecule has 1 heterocycles. The van der Waals surface area contributed by atoms with Gasteiger partial charge in [0.1, 0.15) is 0 Å². The lowest BCUT2D eigenvalue weighted by molar-refractivity contribution is -0.246. The van der Waals surface area contributed by atoms with E-state index in [1.54, 1.807) is 0 Å². The Morgan fingerprint density at radius 1 is 0.708 bits per heavy atom. The van der Waals surface area contributed by atoms with Crippen molar-refractivity contribution >= 4 is 0 Å². The summed E-state index contributed by atoms with van der Waals surface area (Å²) in [6, 6.07) is 0. The highest BCUT2D eigenvalue weighted by Gasteiger charge is 2.66. The molecule has 5 aliphatic rings. The summed E-state index contributed by atoms with van der Waals surface area (Å²) in [7, 11) is 0. The normalized spacial score (nSPS) is 53.2. The molecule has 136 valence electrons. The molecule has 24 heavy (non-hydrogen) atoms. The van der Waals surface area contributed by atoms with E-state index >= 15 is 0 Å². The number of fused-ring (bicyclic) bond motifs is 6. The first-order valence-corrected chi connectivity index (χ1v) is 10.9. The first-order valence-electron chi connectivity index (χ1n) is 10.9. The molecule has 2 nitrogen and oxygen atoms in total. The van der Waals surface area contributed by atoms with Crippen LogP contribution in [0.3, 0.4) is 0 Å². The lowest BCUT2D eigenvalue weighted by atomic mass is 9.46. The summed E-state index contributed by atoms with van der Waals surface area (Å²) in [5.74, 6) is 3.55. The largest absolute Gasteiger partial charge is 0.347 e. The van der Waals surface area contributed by atoms with Gasteiger partial charge in [0.15, 0.2) is 5.79 Å². The highest BCUT2D eigenvalue weighted by Crippen LogP contribution is 2.69. The highest BCUT2D eigenvalue weighted by atomic mass is 16.7. The minimum Gasteiger partial charge on any atom is -0.347 e. The van der Waals surface area contributed by atoms with Crippen molar-refractivity contribution in [1.82, 2.24) is 0 Å². The van der Waals surface area contributed by atoms with Crippen molar-refractivity contribution in [2.45, 2.75) is 90.3 Å². The minimum atomic E-state index is -0.218. The van der Waals surface area contributed by atoms with E-state index in [1.807, 2.05) is 0 Å². The fourth-order valence-electron chi connectivity index (χ4n) is 8.36. The molecule has 6 atom stereocenters. The summed E-state index contributed by atoms with van der Waals surface area (Å²) in [4.78, 5) is 0. The van der Waals surface area contributed by atoms with Crippen LogP contribution < -0.4 is 0 Å². The zero-order valence-corrected chi connectivity index (χ0v) is 15.8. The van der Waals surface area contributed by atoms with Crippen molar-refractivity contribution in [2.75, 3.05) is 13.2 Å². The van der Waals surface area contributed by atoms with Gasteiger partial charge in [-0.1, -0.05) is 33.1 Å². The van der Waals surface area contributed by atoms with E-state index in [2.05, 4.69) is 13.8 Å². The Hall–Kier alpha value is -0.0800. The third-order valence-electron chi connectivity index (χ3n) is 9.63. The fourth-order valence-corrected chi connectivity index (χ4v) is 8.36. The molecule has 4 saturated carbocycles. The zero-order chi connectivity index (χ0) is 16.4. The standard InChI is InChI=1S/C22H36O2/c1-20-11-5-3-4-6-16(20)7-8-17-18(20)9-12-21(2)19(17)10-13-22(21)23-14-15-24-22/h16-19H,3-15H2,1-2H3/t16-,17-,18?,19?,20+,21+/m1/s1. The average molecular weight is 333 g/mol. The van der Waals surface area contributed by atoms with Crippen molar-refractivity contribution in [1.29, 1.82) is 0 Å². The Balaban J connectivity index is 1.46. The van der Waals surface area contributed by atoms with Gasteiger partial charge in [0, 0.05) is 11.8 Å². The summed E-state index contributed by atoms with van der Waals surface area (Å²) < 4.78 is 12.6. The first-order chi connectivity index (χ1) is 11.6. The molecule has 2 heteroatoms. The lowest BCUT2D eigenvalue weighted by Gasteiger charge is -2.59. The van der Waals surface area contributed by atoms with Crippen molar-refractivity contribution in [3.8, 4) is 0 Å². The van der Waals surface area contributed by atoms with Crippen LogP contribution in [0.5, 0.6) is 0 Å². The molecule has 1 spiro atoms. The van der Waals surface area contributed by atoms with Gasteiger partial charge in [0.25, 0.3) is 0 Å². The van der Waals surface area contributed by atoms with Crippen LogP contribution in [0.2, 0.25) is 0 Å². The van der Waals surface area contributed by atoms with E-state index in [0.29, 0.717) is 5.41 Å². The molecule has 0 bridgehead atoms. The monoisotopic (exact) mass is 332 g/mol. The Kier molecular flexibility index (Phi) is 3.67. The van der Waals surface area contributed by atoms with Gasteiger partial charge < -0.3 is 9.47 Å². The number of hydrogen-bond acceptors (Lipinski definition) is 2. The van der Waals surface area contributed by atoms with Gasteiger partial charge in [-0.05, 0) is 74.0 Å². The number of rotatable bonds is 0. The molecule has 5 rings (SSSR count). The fraction of sp³-hybridized carbons (Fsp3) is 1.00. The smallest absolute Gasteiger partial charge is 0.174 e. The maximum atomic E-state index is 6.28. The molecule has 4 aliphatic carbocycles. The van der Waals surface area contributed by atoms with E-state index in [1.165, 1.54) is 64.2 Å². The van der Waals surface area contributed by atoms with Crippen LogP contribution in [0.15, 0.2) is 0 Å². The Morgan fingerprint density at radius 3 is 2.33 bits per heavy atom. The first kappa shape index (κ1) is 16.1. The van der Waals surface area contributed by atoms with Crippen LogP contribution in [0.1, 0.15) is 84.5 Å². The highest BCUT2D eigenvalue weighted by molar-refractivity contribution is 5.12. The van der Waals surface area contributed by atoms with E-state index in [-0.39, 0.29) is 11.2 Å². The molecule has 0 aromatic carbocycles. The summed E-state index contributed by atoms with van der Waals surface area (Å²) in [6.07, 6.45) is 15.7. The number of hydrogen-bond donors (Lipinski definition) is 0. The molecule has 0 radical (unpaired) electrons. The van der Waals surface area contributed by atoms with Crippen LogP contribution in [-0.2, 0) is 9.47 Å². The van der Waals surface area contributed by atoms with Crippen molar-refractivity contribution in [2.24, 2.45) is 34.5 Å². The van der Waals surface area contributed by atoms with Gasteiger partial charge in [-0.2, -0.15) is 0 Å². The molecule has 1 saturated heterocycles. The lowest BCUT2D eigenvalue weighted by Crippen LogP contribution is -2.55. The van der Waals surface area contributed by atoms with Crippen LogP contribution in [0, 0.1) is 34.5 Å². The van der Waals surface area contributed by atoms with Gasteiger partial charge in [-0.15, -0.1) is 0 Å². The van der Waals surface area contributed by atoms with Gasteiger partial charge in [0.2, 0.25) is 0 Å². The molecule has 0 aromatic heterocycles. The topological polar surface area (TPSA) is 18.5 Å². The predicted octanol–water partition coefficient (Wildman–Crippen LogP) is 5.55. The van der Waals surface area contributed by atoms with Crippen LogP contribution in [-0.4, -0.2) is 19.0 Å². The van der Waals surface area contributed by atoms with Crippen LogP contribution in [0.25, 0.3) is 0 Å². The Labute approximate surface area is 148 Å². The Morgan fingerprint density at radius 2 is 1.50 bits per heavy atom. The van der Waals surface area contributed by atoms with E-state index in [4.69, 9.17) is 9.47 Å². The van der Waals surface area contributed by atoms with E-state index in [0.717, 1.165) is 43.3 Å². The third kappa shape index (κ3) is 1.96. The SMILES string of the molecule is C[C@]12CCC3[C@@H](CC[C@H]4CCCCC[C@]34C)C1CCC21OCCO1. The van der Waals surface area contributed by atoms with E-state index < -0.39 is 0 Å². The van der Waals surface area contributed by atoms with Crippen LogP contribution in [0.4, 0.5) is 0 Å². The van der Waals surface area contributed by atoms with Gasteiger partial charge in [-0.3, -0.25) is 0 Å². The molecular weight excluding hydrogens is 296 g/mol. The summed E-state index contributed by atoms with van der Waals surface area (Å²) in [5.41, 5.74) is 0.909. The quantitative estimate of drug-likeness (QED) is 0.579. The molecule has 2 unspecified atom stereocenters. The molecule has 0 aromatic rings. The average Bonchev–Trinajstić information content (AvgIpc) is 3.10. The maximum absolute atomic E-state index is 6.28. The number of ether oxygens (including phenoxy) is 2. The van der Waals surface area contributed by atoms with Crippen molar-refractivity contribution < 1.29 is 9.47 Å². The second kappa shape index (κ2) is 5.46. The van der Waals surface area contributed by atoms with Crippen molar-refractivity contribution in [3.05, 3.63) is 0 Å². The minimum absolute atomic E-state index is 0.218. The van der Waals surface area contributed by atoms with Crippen molar-refractivity contribution in [3.63, 3.8) is 0 Å². The summed E-state index contributed by atoms with van der Waals surface area (Å²) in [5, 5.41) is 0. The molecule has 1 aliphatic heterocycles.